The van der Waals surface area contributed by atoms with Crippen LogP contribution in [-0.4, -0.2) is 15.1 Å². The third kappa shape index (κ3) is 3.06. The molecule has 0 aliphatic heterocycles. The number of pyridine rings is 1. The largest absolute Gasteiger partial charge is 0.338 e. The van der Waals surface area contributed by atoms with E-state index in [1.807, 2.05) is 19.1 Å². The third-order valence-electron chi connectivity index (χ3n) is 3.22. The zero-order chi connectivity index (χ0) is 15.5. The van der Waals surface area contributed by atoms with E-state index in [0.29, 0.717) is 17.4 Å². The van der Waals surface area contributed by atoms with Gasteiger partial charge in [-0.05, 0) is 30.2 Å². The highest BCUT2D eigenvalue weighted by atomic mass is 79.9. The Morgan fingerprint density at radius 2 is 2.09 bits per heavy atom. The number of nitrogens with zero attached hydrogens (tertiary/aromatic N) is 3. The van der Waals surface area contributed by atoms with E-state index in [9.17, 15) is 4.39 Å². The van der Waals surface area contributed by atoms with E-state index in [-0.39, 0.29) is 10.6 Å². The summed E-state index contributed by atoms with van der Waals surface area (Å²) in [5.41, 5.74) is 2.23. The predicted octanol–water partition coefficient (Wildman–Crippen LogP) is 4.78. The van der Waals surface area contributed by atoms with Crippen molar-refractivity contribution in [3.63, 3.8) is 0 Å². The summed E-state index contributed by atoms with van der Waals surface area (Å²) >= 11 is 3.47. The molecule has 22 heavy (non-hydrogen) atoms. The SMILES string of the molecule is CCC(Br)c1nc(-c2ccc(-c3cccc(F)c3)cn2)no1. The molecule has 0 bridgehead atoms. The first-order chi connectivity index (χ1) is 10.7. The lowest BCUT2D eigenvalue weighted by molar-refractivity contribution is 0.377. The van der Waals surface area contributed by atoms with E-state index in [2.05, 4.69) is 31.1 Å². The van der Waals surface area contributed by atoms with Gasteiger partial charge in [-0.3, -0.25) is 4.98 Å². The van der Waals surface area contributed by atoms with Gasteiger partial charge in [-0.2, -0.15) is 4.98 Å². The van der Waals surface area contributed by atoms with Crippen LogP contribution in [0.25, 0.3) is 22.6 Å². The van der Waals surface area contributed by atoms with Crippen molar-refractivity contribution in [2.75, 3.05) is 0 Å². The van der Waals surface area contributed by atoms with E-state index in [1.165, 1.54) is 12.1 Å². The maximum absolute atomic E-state index is 13.3. The fourth-order valence-corrected chi connectivity index (χ4v) is 2.19. The molecule has 0 amide bonds. The lowest BCUT2D eigenvalue weighted by Crippen LogP contribution is -1.90. The van der Waals surface area contributed by atoms with E-state index in [0.717, 1.165) is 17.5 Å². The first kappa shape index (κ1) is 14.8. The molecular formula is C16H13BrFN3O. The van der Waals surface area contributed by atoms with Crippen LogP contribution < -0.4 is 0 Å². The Bertz CT molecular complexity index is 773. The third-order valence-corrected chi connectivity index (χ3v) is 4.26. The van der Waals surface area contributed by atoms with Crippen LogP contribution in [0.2, 0.25) is 0 Å². The number of rotatable bonds is 4. The molecule has 0 fully saturated rings. The zero-order valence-corrected chi connectivity index (χ0v) is 13.4. The van der Waals surface area contributed by atoms with Gasteiger partial charge in [0.1, 0.15) is 11.5 Å². The van der Waals surface area contributed by atoms with Gasteiger partial charge in [-0.1, -0.05) is 46.2 Å². The van der Waals surface area contributed by atoms with Gasteiger partial charge in [-0.15, -0.1) is 0 Å². The molecule has 0 saturated carbocycles. The molecule has 3 rings (SSSR count). The van der Waals surface area contributed by atoms with Gasteiger partial charge in [0.25, 0.3) is 0 Å². The van der Waals surface area contributed by atoms with E-state index in [4.69, 9.17) is 4.52 Å². The second-order valence-electron chi connectivity index (χ2n) is 4.77. The molecule has 2 aromatic heterocycles. The molecule has 1 unspecified atom stereocenters. The smallest absolute Gasteiger partial charge is 0.240 e. The highest BCUT2D eigenvalue weighted by Gasteiger charge is 2.15. The summed E-state index contributed by atoms with van der Waals surface area (Å²) in [4.78, 5) is 8.69. The average molecular weight is 362 g/mol. The van der Waals surface area contributed by atoms with Crippen LogP contribution in [0.15, 0.2) is 47.1 Å². The van der Waals surface area contributed by atoms with Gasteiger partial charge in [-0.25, -0.2) is 4.39 Å². The summed E-state index contributed by atoms with van der Waals surface area (Å²) in [5.74, 6) is 0.708. The summed E-state index contributed by atoms with van der Waals surface area (Å²) in [7, 11) is 0. The van der Waals surface area contributed by atoms with Gasteiger partial charge < -0.3 is 4.52 Å². The standard InChI is InChI=1S/C16H13BrFN3O/c1-2-13(17)16-20-15(21-22-16)14-7-6-11(9-19-14)10-4-3-5-12(18)8-10/h3-9,13H,2H2,1H3. The van der Waals surface area contributed by atoms with Crippen LogP contribution in [0.1, 0.15) is 24.1 Å². The quantitative estimate of drug-likeness (QED) is 0.627. The number of hydrogen-bond acceptors (Lipinski definition) is 4. The highest BCUT2D eigenvalue weighted by Crippen LogP contribution is 2.27. The number of halogens is 2. The number of hydrogen-bond donors (Lipinski definition) is 0. The molecule has 2 heterocycles. The minimum atomic E-state index is -0.271. The first-order valence-corrected chi connectivity index (χ1v) is 7.79. The fourth-order valence-electron chi connectivity index (χ4n) is 2.01. The van der Waals surface area contributed by atoms with Crippen molar-refractivity contribution in [3.8, 4) is 22.6 Å². The molecule has 0 saturated heterocycles. The van der Waals surface area contributed by atoms with E-state index in [1.54, 1.807) is 18.3 Å². The lowest BCUT2D eigenvalue weighted by atomic mass is 10.1. The monoisotopic (exact) mass is 361 g/mol. The van der Waals surface area contributed by atoms with Crippen LogP contribution in [0.5, 0.6) is 0 Å². The van der Waals surface area contributed by atoms with Crippen molar-refractivity contribution in [1.29, 1.82) is 0 Å². The molecule has 6 heteroatoms. The van der Waals surface area contributed by atoms with Crippen LogP contribution in [-0.2, 0) is 0 Å². The molecule has 0 aliphatic carbocycles. The Morgan fingerprint density at radius 1 is 1.23 bits per heavy atom. The van der Waals surface area contributed by atoms with Crippen LogP contribution in [0.3, 0.4) is 0 Å². The molecular weight excluding hydrogens is 349 g/mol. The molecule has 0 N–H and O–H groups in total. The molecule has 112 valence electrons. The molecule has 4 nitrogen and oxygen atoms in total. The predicted molar refractivity (Wildman–Crippen MR) is 84.9 cm³/mol. The summed E-state index contributed by atoms with van der Waals surface area (Å²) in [6.45, 7) is 2.02. The number of alkyl halides is 1. The Morgan fingerprint density at radius 3 is 2.77 bits per heavy atom. The van der Waals surface area contributed by atoms with Crippen molar-refractivity contribution >= 4 is 15.9 Å². The van der Waals surface area contributed by atoms with Crippen molar-refractivity contribution in [3.05, 3.63) is 54.3 Å². The van der Waals surface area contributed by atoms with Crippen molar-refractivity contribution in [2.24, 2.45) is 0 Å². The first-order valence-electron chi connectivity index (χ1n) is 6.87. The molecule has 3 aromatic rings. The van der Waals surface area contributed by atoms with Gasteiger partial charge >= 0.3 is 0 Å². The highest BCUT2D eigenvalue weighted by molar-refractivity contribution is 9.09. The lowest BCUT2D eigenvalue weighted by Gasteiger charge is -2.02. The number of benzene rings is 1. The molecule has 1 atom stereocenters. The van der Waals surface area contributed by atoms with Crippen molar-refractivity contribution in [1.82, 2.24) is 15.1 Å². The summed E-state index contributed by atoms with van der Waals surface area (Å²) in [6, 6.07) is 10.0. The van der Waals surface area contributed by atoms with E-state index < -0.39 is 0 Å². The van der Waals surface area contributed by atoms with Gasteiger partial charge in [0.15, 0.2) is 0 Å². The van der Waals surface area contributed by atoms with E-state index >= 15 is 0 Å². The minimum Gasteiger partial charge on any atom is -0.338 e. The fraction of sp³-hybridized carbons (Fsp3) is 0.188. The molecule has 0 aliphatic rings. The molecule has 0 radical (unpaired) electrons. The maximum Gasteiger partial charge on any atom is 0.240 e. The minimum absolute atomic E-state index is 0.0420. The van der Waals surface area contributed by atoms with Crippen molar-refractivity contribution in [2.45, 2.75) is 18.2 Å². The number of aromatic nitrogens is 3. The normalized spacial score (nSPS) is 12.3. The van der Waals surface area contributed by atoms with Gasteiger partial charge in [0, 0.05) is 11.8 Å². The van der Waals surface area contributed by atoms with Crippen LogP contribution >= 0.6 is 15.9 Å². The zero-order valence-electron chi connectivity index (χ0n) is 11.8. The Labute approximate surface area is 135 Å². The Kier molecular flexibility index (Phi) is 4.29. The van der Waals surface area contributed by atoms with Gasteiger partial charge in [0.2, 0.25) is 11.7 Å². The average Bonchev–Trinajstić information content (AvgIpc) is 3.04. The Balaban J connectivity index is 1.86. The second-order valence-corrected chi connectivity index (χ2v) is 5.88. The molecule has 1 aromatic carbocycles. The molecule has 0 spiro atoms. The topological polar surface area (TPSA) is 51.8 Å². The summed E-state index contributed by atoms with van der Waals surface area (Å²) in [6.07, 6.45) is 2.53. The Hall–Kier alpha value is -2.08. The van der Waals surface area contributed by atoms with Crippen LogP contribution in [0, 0.1) is 5.82 Å². The maximum atomic E-state index is 13.3. The summed E-state index contributed by atoms with van der Waals surface area (Å²) < 4.78 is 18.5. The summed E-state index contributed by atoms with van der Waals surface area (Å²) in [5, 5.41) is 3.93. The van der Waals surface area contributed by atoms with Gasteiger partial charge in [0.05, 0.1) is 4.83 Å². The van der Waals surface area contributed by atoms with Crippen LogP contribution in [0.4, 0.5) is 4.39 Å². The second kappa shape index (κ2) is 6.36. The van der Waals surface area contributed by atoms with Crippen molar-refractivity contribution < 1.29 is 8.91 Å².